The van der Waals surface area contributed by atoms with Crippen LogP contribution >= 0.6 is 11.6 Å². The predicted molar refractivity (Wildman–Crippen MR) is 89.2 cm³/mol. The van der Waals surface area contributed by atoms with E-state index in [1.807, 2.05) is 30.0 Å². The van der Waals surface area contributed by atoms with Gasteiger partial charge < -0.3 is 10.6 Å². The first-order chi connectivity index (χ1) is 10.6. The second-order valence-electron chi connectivity index (χ2n) is 5.86. The largest absolute Gasteiger partial charge is 0.334 e. The first-order valence-corrected chi connectivity index (χ1v) is 8.06. The number of amides is 1. The minimum Gasteiger partial charge on any atom is -0.334 e. The SMILES string of the molecule is Cc1cc(C(=O)N2CCCC[C@@H]2CN)c2cc(Cl)ccc2n1. The summed E-state index contributed by atoms with van der Waals surface area (Å²) in [6.07, 6.45) is 3.14. The quantitative estimate of drug-likeness (QED) is 0.925. The number of pyridine rings is 1. The average Bonchev–Trinajstić information content (AvgIpc) is 2.53. The summed E-state index contributed by atoms with van der Waals surface area (Å²) in [5, 5.41) is 1.42. The van der Waals surface area contributed by atoms with Crippen LogP contribution in [-0.2, 0) is 0 Å². The van der Waals surface area contributed by atoms with Gasteiger partial charge in [0.25, 0.3) is 5.91 Å². The molecule has 0 spiro atoms. The summed E-state index contributed by atoms with van der Waals surface area (Å²) < 4.78 is 0. The van der Waals surface area contributed by atoms with Crippen molar-refractivity contribution in [2.45, 2.75) is 32.2 Å². The van der Waals surface area contributed by atoms with E-state index >= 15 is 0 Å². The van der Waals surface area contributed by atoms with E-state index < -0.39 is 0 Å². The number of piperidine rings is 1. The van der Waals surface area contributed by atoms with E-state index in [4.69, 9.17) is 17.3 Å². The van der Waals surface area contributed by atoms with E-state index in [0.717, 1.165) is 42.4 Å². The molecule has 3 rings (SSSR count). The fourth-order valence-electron chi connectivity index (χ4n) is 3.18. The zero-order valence-electron chi connectivity index (χ0n) is 12.7. The van der Waals surface area contributed by atoms with E-state index in [-0.39, 0.29) is 11.9 Å². The number of benzene rings is 1. The van der Waals surface area contributed by atoms with Gasteiger partial charge in [-0.25, -0.2) is 0 Å². The van der Waals surface area contributed by atoms with E-state index in [2.05, 4.69) is 4.98 Å². The lowest BCUT2D eigenvalue weighted by Crippen LogP contribution is -2.47. The van der Waals surface area contributed by atoms with Crippen molar-refractivity contribution >= 4 is 28.4 Å². The number of carbonyl (C=O) groups is 1. The number of rotatable bonds is 2. The van der Waals surface area contributed by atoms with E-state index in [0.29, 0.717) is 17.1 Å². The van der Waals surface area contributed by atoms with Crippen molar-refractivity contribution in [1.29, 1.82) is 0 Å². The fraction of sp³-hybridized carbons (Fsp3) is 0.412. The molecule has 2 aromatic rings. The van der Waals surface area contributed by atoms with Gasteiger partial charge in [0, 0.05) is 35.2 Å². The van der Waals surface area contributed by atoms with Crippen LogP contribution in [0.1, 0.15) is 35.3 Å². The number of hydrogen-bond donors (Lipinski definition) is 1. The summed E-state index contributed by atoms with van der Waals surface area (Å²) in [6.45, 7) is 3.18. The lowest BCUT2D eigenvalue weighted by molar-refractivity contribution is 0.0625. The zero-order valence-corrected chi connectivity index (χ0v) is 13.4. The van der Waals surface area contributed by atoms with Crippen LogP contribution in [0.5, 0.6) is 0 Å². The first-order valence-electron chi connectivity index (χ1n) is 7.68. The number of carbonyl (C=O) groups excluding carboxylic acids is 1. The molecule has 0 radical (unpaired) electrons. The molecule has 1 amide bonds. The van der Waals surface area contributed by atoms with Gasteiger partial charge in [-0.05, 0) is 50.5 Å². The van der Waals surface area contributed by atoms with Gasteiger partial charge >= 0.3 is 0 Å². The summed E-state index contributed by atoms with van der Waals surface area (Å²) in [6, 6.07) is 7.46. The van der Waals surface area contributed by atoms with Gasteiger partial charge in [0.15, 0.2) is 0 Å². The van der Waals surface area contributed by atoms with Crippen LogP contribution in [0.15, 0.2) is 24.3 Å². The smallest absolute Gasteiger partial charge is 0.254 e. The predicted octanol–water partition coefficient (Wildman–Crippen LogP) is 3.15. The molecule has 1 atom stereocenters. The highest BCUT2D eigenvalue weighted by Crippen LogP contribution is 2.26. The Bertz CT molecular complexity index is 716. The van der Waals surface area contributed by atoms with Crippen molar-refractivity contribution < 1.29 is 4.79 Å². The van der Waals surface area contributed by atoms with E-state index in [1.54, 1.807) is 6.07 Å². The number of hydrogen-bond acceptors (Lipinski definition) is 3. The molecule has 4 nitrogen and oxygen atoms in total. The Morgan fingerprint density at radius 3 is 3.00 bits per heavy atom. The van der Waals surface area contributed by atoms with Gasteiger partial charge in [-0.15, -0.1) is 0 Å². The molecule has 0 aliphatic carbocycles. The topological polar surface area (TPSA) is 59.2 Å². The monoisotopic (exact) mass is 317 g/mol. The Kier molecular flexibility index (Phi) is 4.32. The molecule has 0 unspecified atom stereocenters. The average molecular weight is 318 g/mol. The molecule has 0 bridgehead atoms. The van der Waals surface area contributed by atoms with Crippen molar-refractivity contribution in [1.82, 2.24) is 9.88 Å². The Morgan fingerprint density at radius 2 is 2.23 bits per heavy atom. The highest BCUT2D eigenvalue weighted by Gasteiger charge is 2.27. The van der Waals surface area contributed by atoms with Crippen molar-refractivity contribution in [3.05, 3.63) is 40.5 Å². The Balaban J connectivity index is 2.08. The van der Waals surface area contributed by atoms with Crippen molar-refractivity contribution in [3.8, 4) is 0 Å². The molecule has 1 aromatic carbocycles. The standard InChI is InChI=1S/C17H20ClN3O/c1-11-8-15(14-9-12(18)5-6-16(14)20-11)17(22)21-7-3-2-4-13(21)10-19/h5-6,8-9,13H,2-4,7,10,19H2,1H3/t13-/m1/s1. The normalized spacial score (nSPS) is 18.7. The lowest BCUT2D eigenvalue weighted by Gasteiger charge is -2.35. The molecule has 22 heavy (non-hydrogen) atoms. The highest BCUT2D eigenvalue weighted by atomic mass is 35.5. The maximum absolute atomic E-state index is 13.0. The molecule has 5 heteroatoms. The number of nitrogens with zero attached hydrogens (tertiary/aromatic N) is 2. The highest BCUT2D eigenvalue weighted by molar-refractivity contribution is 6.31. The third-order valence-corrected chi connectivity index (χ3v) is 4.52. The molecule has 1 aromatic heterocycles. The maximum atomic E-state index is 13.0. The minimum absolute atomic E-state index is 0.0351. The molecule has 2 heterocycles. The van der Waals surface area contributed by atoms with Crippen LogP contribution in [0.25, 0.3) is 10.9 Å². The number of halogens is 1. The third-order valence-electron chi connectivity index (χ3n) is 4.29. The maximum Gasteiger partial charge on any atom is 0.254 e. The van der Waals surface area contributed by atoms with Gasteiger partial charge in [0.05, 0.1) is 11.1 Å². The molecule has 1 aliphatic rings. The van der Waals surface area contributed by atoms with E-state index in [9.17, 15) is 4.79 Å². The first kappa shape index (κ1) is 15.3. The summed E-state index contributed by atoms with van der Waals surface area (Å²) in [7, 11) is 0. The summed E-state index contributed by atoms with van der Waals surface area (Å²) in [5.41, 5.74) is 8.15. The summed E-state index contributed by atoms with van der Waals surface area (Å²) >= 11 is 6.10. The van der Waals surface area contributed by atoms with Gasteiger partial charge in [-0.3, -0.25) is 9.78 Å². The Morgan fingerprint density at radius 1 is 1.41 bits per heavy atom. The van der Waals surface area contributed by atoms with Gasteiger partial charge in [0.2, 0.25) is 0 Å². The molecule has 1 aliphatic heterocycles. The van der Waals surface area contributed by atoms with Crippen LogP contribution in [0.3, 0.4) is 0 Å². The zero-order chi connectivity index (χ0) is 15.7. The van der Waals surface area contributed by atoms with Crippen molar-refractivity contribution in [2.75, 3.05) is 13.1 Å². The minimum atomic E-state index is 0.0351. The fourth-order valence-corrected chi connectivity index (χ4v) is 3.35. The van der Waals surface area contributed by atoms with Crippen molar-refractivity contribution in [3.63, 3.8) is 0 Å². The van der Waals surface area contributed by atoms with Crippen LogP contribution < -0.4 is 5.73 Å². The van der Waals surface area contributed by atoms with Gasteiger partial charge in [-0.2, -0.15) is 0 Å². The molecule has 116 valence electrons. The Hall–Kier alpha value is -1.65. The number of nitrogens with two attached hydrogens (primary N) is 1. The molecule has 1 fully saturated rings. The summed E-state index contributed by atoms with van der Waals surface area (Å²) in [5.74, 6) is 0.0351. The second-order valence-corrected chi connectivity index (χ2v) is 6.29. The lowest BCUT2D eigenvalue weighted by atomic mass is 9.99. The Labute approximate surface area is 135 Å². The molecular formula is C17H20ClN3O. The van der Waals surface area contributed by atoms with Crippen LogP contribution in [0.4, 0.5) is 0 Å². The van der Waals surface area contributed by atoms with E-state index in [1.165, 1.54) is 0 Å². The number of likely N-dealkylation sites (tertiary alicyclic amines) is 1. The van der Waals surface area contributed by atoms with Crippen LogP contribution in [-0.4, -0.2) is 34.9 Å². The van der Waals surface area contributed by atoms with Gasteiger partial charge in [-0.1, -0.05) is 11.6 Å². The number of aryl methyl sites for hydroxylation is 1. The van der Waals surface area contributed by atoms with Crippen LogP contribution in [0.2, 0.25) is 5.02 Å². The molecule has 1 saturated heterocycles. The molecular weight excluding hydrogens is 298 g/mol. The molecule has 0 saturated carbocycles. The summed E-state index contributed by atoms with van der Waals surface area (Å²) in [4.78, 5) is 19.5. The molecule has 2 N–H and O–H groups in total. The number of fused-ring (bicyclic) bond motifs is 1. The van der Waals surface area contributed by atoms with Crippen LogP contribution in [0, 0.1) is 6.92 Å². The van der Waals surface area contributed by atoms with Gasteiger partial charge in [0.1, 0.15) is 0 Å². The van der Waals surface area contributed by atoms with Crippen molar-refractivity contribution in [2.24, 2.45) is 5.73 Å². The third kappa shape index (κ3) is 2.81. The second kappa shape index (κ2) is 6.23. The number of aromatic nitrogens is 1.